The molecule has 4 aromatic rings. The van der Waals surface area contributed by atoms with E-state index < -0.39 is 18.2 Å². The van der Waals surface area contributed by atoms with E-state index in [9.17, 15) is 20.1 Å². The van der Waals surface area contributed by atoms with E-state index in [-0.39, 0.29) is 29.6 Å². The third kappa shape index (κ3) is 4.83. The van der Waals surface area contributed by atoms with Crippen LogP contribution in [0.2, 0.25) is 0 Å². The normalized spacial score (nSPS) is 17.2. The van der Waals surface area contributed by atoms with Crippen molar-refractivity contribution in [2.24, 2.45) is 7.05 Å². The minimum atomic E-state index is -1.27. The molecule has 42 heavy (non-hydrogen) atoms. The molecule has 10 heteroatoms. The number of nitrogens with zero attached hydrogens (tertiary/aromatic N) is 5. The van der Waals surface area contributed by atoms with Crippen LogP contribution in [-0.2, 0) is 7.05 Å². The maximum absolute atomic E-state index is 13.6. The number of carbonyl (C=O) groups is 1. The zero-order chi connectivity index (χ0) is 29.4. The molecule has 0 aliphatic carbocycles. The number of amides is 1. The second-order valence-electron chi connectivity index (χ2n) is 10.7. The second-order valence-corrected chi connectivity index (χ2v) is 10.7. The molecule has 4 N–H and O–H groups in total. The van der Waals surface area contributed by atoms with E-state index in [0.717, 1.165) is 11.3 Å². The lowest BCUT2D eigenvalue weighted by atomic mass is 9.96. The Labute approximate surface area is 243 Å². The number of hydrogen-bond donors (Lipinski definition) is 4. The molecule has 2 aromatic heterocycles. The molecular formula is C32H32N6O4. The van der Waals surface area contributed by atoms with Crippen molar-refractivity contribution in [1.82, 2.24) is 14.9 Å². The van der Waals surface area contributed by atoms with Gasteiger partial charge in [-0.2, -0.15) is 5.26 Å². The van der Waals surface area contributed by atoms with Gasteiger partial charge in [0.25, 0.3) is 5.91 Å². The molecule has 0 bridgehead atoms. The molecule has 1 saturated heterocycles. The summed E-state index contributed by atoms with van der Waals surface area (Å²) < 4.78 is 1.64. The van der Waals surface area contributed by atoms with Gasteiger partial charge >= 0.3 is 0 Å². The van der Waals surface area contributed by atoms with Crippen LogP contribution in [0.4, 0.5) is 11.4 Å². The summed E-state index contributed by atoms with van der Waals surface area (Å²) in [5.41, 5.74) is 4.35. The SMILES string of the molecule is Cn1c(C(=O)NC2CCN(c3ccc(C#N)nc3)CC2)c(O)c2c1-c1ccccc1N(CC(O)c1ccccc1)C2O. The first kappa shape index (κ1) is 27.3. The number of β-amino-alcohol motifs (C(OH)–C–C–N with tert-alkyl or cyclic N) is 1. The van der Waals surface area contributed by atoms with Crippen LogP contribution < -0.4 is 15.1 Å². The summed E-state index contributed by atoms with van der Waals surface area (Å²) in [6.07, 6.45) is 0.941. The first-order valence-corrected chi connectivity index (χ1v) is 14.0. The van der Waals surface area contributed by atoms with Crippen molar-refractivity contribution in [3.63, 3.8) is 0 Å². The summed E-state index contributed by atoms with van der Waals surface area (Å²) in [6.45, 7) is 1.50. The number of aliphatic hydroxyl groups is 2. The van der Waals surface area contributed by atoms with Crippen LogP contribution in [0, 0.1) is 11.3 Å². The van der Waals surface area contributed by atoms with E-state index in [2.05, 4.69) is 15.2 Å². The Morgan fingerprint density at radius 3 is 2.50 bits per heavy atom. The number of para-hydroxylation sites is 1. The monoisotopic (exact) mass is 564 g/mol. The number of nitriles is 1. The Morgan fingerprint density at radius 2 is 1.81 bits per heavy atom. The number of aliphatic hydroxyl groups excluding tert-OH is 2. The fourth-order valence-electron chi connectivity index (χ4n) is 6.07. The summed E-state index contributed by atoms with van der Waals surface area (Å²) in [6, 6.07) is 22.2. The molecule has 0 saturated carbocycles. The molecule has 1 amide bonds. The van der Waals surface area contributed by atoms with Crippen molar-refractivity contribution in [3.05, 3.63) is 95.4 Å². The van der Waals surface area contributed by atoms with E-state index in [0.29, 0.717) is 48.6 Å². The largest absolute Gasteiger partial charge is 0.505 e. The topological polar surface area (TPSA) is 138 Å². The number of carbonyl (C=O) groups excluding carboxylic acids is 1. The van der Waals surface area contributed by atoms with Gasteiger partial charge in [-0.05, 0) is 36.6 Å². The smallest absolute Gasteiger partial charge is 0.272 e. The first-order chi connectivity index (χ1) is 20.4. The number of benzene rings is 2. The summed E-state index contributed by atoms with van der Waals surface area (Å²) in [4.78, 5) is 21.5. The van der Waals surface area contributed by atoms with E-state index >= 15 is 0 Å². The average molecular weight is 565 g/mol. The van der Waals surface area contributed by atoms with Crippen LogP contribution in [0.1, 0.15) is 52.5 Å². The summed E-state index contributed by atoms with van der Waals surface area (Å²) >= 11 is 0. The van der Waals surface area contributed by atoms with Gasteiger partial charge in [0.05, 0.1) is 35.8 Å². The Balaban J connectivity index is 1.22. The quantitative estimate of drug-likeness (QED) is 0.279. The van der Waals surface area contributed by atoms with Crippen LogP contribution in [0.25, 0.3) is 11.3 Å². The predicted octanol–water partition coefficient (Wildman–Crippen LogP) is 3.61. The average Bonchev–Trinajstić information content (AvgIpc) is 3.29. The van der Waals surface area contributed by atoms with Crippen LogP contribution in [-0.4, -0.2) is 56.5 Å². The van der Waals surface area contributed by atoms with Crippen molar-refractivity contribution in [2.75, 3.05) is 29.4 Å². The molecule has 2 unspecified atom stereocenters. The fraction of sp³-hybridized carbons (Fsp3) is 0.281. The predicted molar refractivity (Wildman–Crippen MR) is 158 cm³/mol. The van der Waals surface area contributed by atoms with Crippen LogP contribution in [0.15, 0.2) is 72.9 Å². The number of aromatic hydroxyl groups is 1. The van der Waals surface area contributed by atoms with Crippen LogP contribution in [0.3, 0.4) is 0 Å². The van der Waals surface area contributed by atoms with E-state index in [1.54, 1.807) is 28.8 Å². The number of aromatic nitrogens is 2. The molecular weight excluding hydrogens is 532 g/mol. The maximum atomic E-state index is 13.6. The number of rotatable bonds is 6. The van der Waals surface area contributed by atoms with Gasteiger partial charge in [0.1, 0.15) is 17.5 Å². The molecule has 0 spiro atoms. The van der Waals surface area contributed by atoms with E-state index in [4.69, 9.17) is 5.26 Å². The van der Waals surface area contributed by atoms with Crippen LogP contribution >= 0.6 is 0 Å². The molecule has 4 heterocycles. The van der Waals surface area contributed by atoms with Crippen molar-refractivity contribution in [2.45, 2.75) is 31.2 Å². The van der Waals surface area contributed by atoms with Crippen molar-refractivity contribution < 1.29 is 20.1 Å². The van der Waals surface area contributed by atoms with E-state index in [1.807, 2.05) is 66.7 Å². The third-order valence-electron chi connectivity index (χ3n) is 8.25. The Hall–Kier alpha value is -4.85. The molecule has 10 nitrogen and oxygen atoms in total. The Morgan fingerprint density at radius 1 is 1.10 bits per heavy atom. The minimum Gasteiger partial charge on any atom is -0.505 e. The molecule has 1 fully saturated rings. The van der Waals surface area contributed by atoms with Gasteiger partial charge in [-0.1, -0.05) is 48.5 Å². The molecule has 2 aromatic carbocycles. The zero-order valence-electron chi connectivity index (χ0n) is 23.2. The first-order valence-electron chi connectivity index (χ1n) is 14.0. The lowest BCUT2D eigenvalue weighted by Crippen LogP contribution is -2.45. The second kappa shape index (κ2) is 11.2. The zero-order valence-corrected chi connectivity index (χ0v) is 23.2. The molecule has 2 aliphatic heterocycles. The summed E-state index contributed by atoms with van der Waals surface area (Å²) in [5, 5.41) is 46.0. The number of hydrogen-bond acceptors (Lipinski definition) is 8. The Bertz CT molecular complexity index is 1640. The van der Waals surface area contributed by atoms with Crippen molar-refractivity contribution >= 4 is 17.3 Å². The third-order valence-corrected chi connectivity index (χ3v) is 8.25. The van der Waals surface area contributed by atoms with Gasteiger partial charge in [0.15, 0.2) is 12.0 Å². The minimum absolute atomic E-state index is 0.0815. The van der Waals surface area contributed by atoms with Gasteiger partial charge < -0.3 is 35.0 Å². The summed E-state index contributed by atoms with van der Waals surface area (Å²) in [5.74, 6) is -0.685. The van der Waals surface area contributed by atoms with Gasteiger partial charge in [-0.15, -0.1) is 0 Å². The molecule has 2 atom stereocenters. The van der Waals surface area contributed by atoms with Gasteiger partial charge in [0.2, 0.25) is 0 Å². The molecule has 214 valence electrons. The number of anilines is 2. The van der Waals surface area contributed by atoms with Gasteiger partial charge in [-0.25, -0.2) is 4.98 Å². The highest BCUT2D eigenvalue weighted by Crippen LogP contribution is 2.49. The van der Waals surface area contributed by atoms with Crippen molar-refractivity contribution in [3.8, 4) is 23.1 Å². The molecule has 2 aliphatic rings. The maximum Gasteiger partial charge on any atom is 0.272 e. The van der Waals surface area contributed by atoms with Gasteiger partial charge in [-0.3, -0.25) is 4.79 Å². The number of piperidine rings is 1. The molecule has 0 radical (unpaired) electrons. The molecule has 6 rings (SSSR count). The van der Waals surface area contributed by atoms with E-state index in [1.165, 1.54) is 0 Å². The van der Waals surface area contributed by atoms with Crippen LogP contribution in [0.5, 0.6) is 5.75 Å². The number of fused-ring (bicyclic) bond motifs is 3. The Kier molecular flexibility index (Phi) is 7.29. The highest BCUT2D eigenvalue weighted by Gasteiger charge is 2.39. The number of pyridine rings is 1. The standard InChI is InChI=1S/C32H32N6O4/c1-36-28-24-9-5-6-10-25(24)38(19-26(39)20-7-3-2-4-8-20)32(42)27(28)30(40)29(36)31(41)35-21-13-15-37(16-14-21)23-12-11-22(17-33)34-18-23/h2-12,18,21,26,32,39-40,42H,13-16,19H2,1H3,(H,35,41). The lowest BCUT2D eigenvalue weighted by Gasteiger charge is -2.37. The fourth-order valence-corrected chi connectivity index (χ4v) is 6.07. The highest BCUT2D eigenvalue weighted by atomic mass is 16.3. The summed E-state index contributed by atoms with van der Waals surface area (Å²) in [7, 11) is 1.71. The van der Waals surface area contributed by atoms with Gasteiger partial charge in [0, 0.05) is 37.4 Å². The lowest BCUT2D eigenvalue weighted by molar-refractivity contribution is 0.0919. The number of nitrogens with one attached hydrogen (secondary N) is 1. The van der Waals surface area contributed by atoms with Crippen molar-refractivity contribution in [1.29, 1.82) is 5.26 Å². The highest BCUT2D eigenvalue weighted by molar-refractivity contribution is 5.99.